The Balaban J connectivity index is 1.88. The number of hydrogen-bond acceptors (Lipinski definition) is 5. The number of anilines is 1. The summed E-state index contributed by atoms with van der Waals surface area (Å²) < 4.78 is 2.12. The van der Waals surface area contributed by atoms with Crippen LogP contribution in [0.3, 0.4) is 0 Å². The molecular weight excluding hydrogens is 419 g/mol. The van der Waals surface area contributed by atoms with Gasteiger partial charge in [0, 0.05) is 31.1 Å². The van der Waals surface area contributed by atoms with Crippen LogP contribution >= 0.6 is 22.6 Å². The summed E-state index contributed by atoms with van der Waals surface area (Å²) >= 11 is 1.95. The van der Waals surface area contributed by atoms with E-state index in [4.69, 9.17) is 0 Å². The topological polar surface area (TPSA) is 131 Å². The molecule has 10 nitrogen and oxygen atoms in total. The van der Waals surface area contributed by atoms with Crippen molar-refractivity contribution < 1.29 is 14.5 Å². The van der Waals surface area contributed by atoms with E-state index in [1.165, 1.54) is 28.9 Å². The van der Waals surface area contributed by atoms with Crippen LogP contribution in [0.5, 0.6) is 0 Å². The Kier molecular flexibility index (Phi) is 5.10. The number of urea groups is 1. The maximum absolute atomic E-state index is 11.8. The number of amides is 3. The number of benzene rings is 1. The number of carbonyl (C=O) groups is 2. The van der Waals surface area contributed by atoms with Crippen LogP contribution in [0.15, 0.2) is 30.5 Å². The van der Waals surface area contributed by atoms with Crippen molar-refractivity contribution in [1.29, 1.82) is 0 Å². The van der Waals surface area contributed by atoms with Crippen molar-refractivity contribution in [3.05, 3.63) is 49.8 Å². The van der Waals surface area contributed by atoms with Gasteiger partial charge in [-0.3, -0.25) is 25.0 Å². The average Bonchev–Trinajstić information content (AvgIpc) is 2.84. The first-order valence-corrected chi connectivity index (χ1v) is 7.25. The Labute approximate surface area is 143 Å². The standard InChI is InChI=1S/C12H11IN6O4/c1-18-6-9(13)10(17-18)11(20)15-16-12(21)14-7-2-4-8(5-3-7)19(22)23/h2-6H,1H3,(H,15,20)(H2,14,16,21). The molecule has 0 unspecified atom stereocenters. The van der Waals surface area contributed by atoms with E-state index in [1.807, 2.05) is 22.6 Å². The molecule has 0 spiro atoms. The van der Waals surface area contributed by atoms with Crippen molar-refractivity contribution in [3.8, 4) is 0 Å². The van der Waals surface area contributed by atoms with E-state index in [-0.39, 0.29) is 11.4 Å². The Bertz CT molecular complexity index is 757. The first-order valence-electron chi connectivity index (χ1n) is 6.18. The van der Waals surface area contributed by atoms with Crippen LogP contribution in [0.1, 0.15) is 10.5 Å². The first-order chi connectivity index (χ1) is 10.9. The number of nitro benzene ring substituents is 1. The summed E-state index contributed by atoms with van der Waals surface area (Å²) in [4.78, 5) is 33.5. The van der Waals surface area contributed by atoms with Crippen LogP contribution in [-0.2, 0) is 7.05 Å². The third kappa shape index (κ3) is 4.38. The molecule has 1 aromatic carbocycles. The Morgan fingerprint density at radius 2 is 1.91 bits per heavy atom. The van der Waals surface area contributed by atoms with Crippen LogP contribution in [0, 0.1) is 13.7 Å². The molecule has 11 heteroatoms. The number of hydrogen-bond donors (Lipinski definition) is 3. The third-order valence-electron chi connectivity index (χ3n) is 2.62. The molecule has 120 valence electrons. The maximum Gasteiger partial charge on any atom is 0.337 e. The van der Waals surface area contributed by atoms with Crippen LogP contribution in [0.25, 0.3) is 0 Å². The van der Waals surface area contributed by atoms with E-state index in [1.54, 1.807) is 13.2 Å². The largest absolute Gasteiger partial charge is 0.337 e. The predicted octanol–water partition coefficient (Wildman–Crippen LogP) is 1.40. The molecular formula is C12H11IN6O4. The van der Waals surface area contributed by atoms with Gasteiger partial charge in [-0.05, 0) is 34.7 Å². The Morgan fingerprint density at radius 3 is 2.43 bits per heavy atom. The molecule has 0 aliphatic rings. The van der Waals surface area contributed by atoms with Gasteiger partial charge in [0.25, 0.3) is 11.6 Å². The van der Waals surface area contributed by atoms with E-state index >= 15 is 0 Å². The van der Waals surface area contributed by atoms with E-state index in [0.29, 0.717) is 9.26 Å². The maximum atomic E-state index is 11.8. The minimum atomic E-state index is -0.696. The number of aromatic nitrogens is 2. The van der Waals surface area contributed by atoms with Gasteiger partial charge in [0.1, 0.15) is 0 Å². The number of nitrogens with one attached hydrogen (secondary N) is 3. The minimum absolute atomic E-state index is 0.0889. The number of aryl methyl sites for hydroxylation is 1. The molecule has 0 bridgehead atoms. The fourth-order valence-electron chi connectivity index (χ4n) is 1.61. The highest BCUT2D eigenvalue weighted by Crippen LogP contribution is 2.15. The van der Waals surface area contributed by atoms with Crippen molar-refractivity contribution in [2.45, 2.75) is 0 Å². The molecule has 0 atom stereocenters. The minimum Gasteiger partial charge on any atom is -0.307 e. The molecule has 0 saturated heterocycles. The summed E-state index contributed by atoms with van der Waals surface area (Å²) in [6, 6.07) is 4.57. The lowest BCUT2D eigenvalue weighted by atomic mass is 10.3. The molecule has 3 amide bonds. The summed E-state index contributed by atoms with van der Waals surface area (Å²) in [5.74, 6) is -0.561. The number of hydrazine groups is 1. The second-order valence-electron chi connectivity index (χ2n) is 4.34. The smallest absolute Gasteiger partial charge is 0.307 e. The van der Waals surface area contributed by atoms with Crippen LogP contribution in [0.4, 0.5) is 16.2 Å². The molecule has 2 rings (SSSR count). The highest BCUT2D eigenvalue weighted by molar-refractivity contribution is 14.1. The SMILES string of the molecule is Cn1cc(I)c(C(=O)NNC(=O)Nc2ccc([N+](=O)[O-])cc2)n1. The lowest BCUT2D eigenvalue weighted by Crippen LogP contribution is -2.44. The highest BCUT2D eigenvalue weighted by Gasteiger charge is 2.15. The second kappa shape index (κ2) is 7.04. The Hall–Kier alpha value is -2.70. The quantitative estimate of drug-likeness (QED) is 0.385. The number of halogens is 1. The lowest BCUT2D eigenvalue weighted by molar-refractivity contribution is -0.384. The predicted molar refractivity (Wildman–Crippen MR) is 88.6 cm³/mol. The van der Waals surface area contributed by atoms with Gasteiger partial charge in [-0.25, -0.2) is 10.2 Å². The van der Waals surface area contributed by atoms with E-state index in [2.05, 4.69) is 21.3 Å². The van der Waals surface area contributed by atoms with Gasteiger partial charge in [0.05, 0.1) is 8.49 Å². The van der Waals surface area contributed by atoms with Crippen molar-refractivity contribution in [3.63, 3.8) is 0 Å². The fraction of sp³-hybridized carbons (Fsp3) is 0.0833. The first kappa shape index (κ1) is 16.7. The lowest BCUT2D eigenvalue weighted by Gasteiger charge is -2.08. The number of nitro groups is 1. The van der Waals surface area contributed by atoms with E-state index < -0.39 is 16.9 Å². The fourth-order valence-corrected chi connectivity index (χ4v) is 2.37. The van der Waals surface area contributed by atoms with Crippen LogP contribution in [0.2, 0.25) is 0 Å². The molecule has 0 saturated carbocycles. The van der Waals surface area contributed by atoms with Gasteiger partial charge in [-0.2, -0.15) is 5.10 Å². The van der Waals surface area contributed by atoms with Gasteiger partial charge in [-0.15, -0.1) is 0 Å². The van der Waals surface area contributed by atoms with E-state index in [9.17, 15) is 19.7 Å². The van der Waals surface area contributed by atoms with Gasteiger partial charge >= 0.3 is 6.03 Å². The summed E-state index contributed by atoms with van der Waals surface area (Å²) in [5.41, 5.74) is 4.82. The normalized spacial score (nSPS) is 10.0. The van der Waals surface area contributed by atoms with Crippen molar-refractivity contribution in [1.82, 2.24) is 20.6 Å². The van der Waals surface area contributed by atoms with Crippen LogP contribution in [-0.4, -0.2) is 26.6 Å². The molecule has 0 aliphatic carbocycles. The number of non-ortho nitro benzene ring substituents is 1. The zero-order valence-corrected chi connectivity index (χ0v) is 13.9. The summed E-state index contributed by atoms with van der Waals surface area (Å²) in [7, 11) is 1.67. The molecule has 1 heterocycles. The van der Waals surface area contributed by atoms with Gasteiger partial charge in [0.2, 0.25) is 0 Å². The molecule has 0 aliphatic heterocycles. The Morgan fingerprint density at radius 1 is 1.26 bits per heavy atom. The molecule has 23 heavy (non-hydrogen) atoms. The number of carbonyl (C=O) groups excluding carboxylic acids is 2. The van der Waals surface area contributed by atoms with Crippen molar-refractivity contribution >= 4 is 45.9 Å². The molecule has 0 radical (unpaired) electrons. The molecule has 1 aromatic heterocycles. The van der Waals surface area contributed by atoms with Crippen molar-refractivity contribution in [2.24, 2.45) is 7.05 Å². The monoisotopic (exact) mass is 430 g/mol. The summed E-state index contributed by atoms with van der Waals surface area (Å²) in [5, 5.41) is 16.9. The van der Waals surface area contributed by atoms with Gasteiger partial charge in [0.15, 0.2) is 5.69 Å². The molecule has 3 N–H and O–H groups in total. The van der Waals surface area contributed by atoms with E-state index in [0.717, 1.165) is 0 Å². The second-order valence-corrected chi connectivity index (χ2v) is 5.50. The zero-order valence-electron chi connectivity index (χ0n) is 11.7. The molecule has 0 fully saturated rings. The third-order valence-corrected chi connectivity index (χ3v) is 3.41. The van der Waals surface area contributed by atoms with Crippen LogP contribution < -0.4 is 16.2 Å². The molecule has 2 aromatic rings. The number of nitrogens with zero attached hydrogens (tertiary/aromatic N) is 3. The van der Waals surface area contributed by atoms with Gasteiger partial charge in [-0.1, -0.05) is 0 Å². The van der Waals surface area contributed by atoms with Crippen molar-refractivity contribution in [2.75, 3.05) is 5.32 Å². The van der Waals surface area contributed by atoms with Gasteiger partial charge < -0.3 is 5.32 Å². The average molecular weight is 430 g/mol. The summed E-state index contributed by atoms with van der Waals surface area (Å²) in [6.07, 6.45) is 1.66. The summed E-state index contributed by atoms with van der Waals surface area (Å²) in [6.45, 7) is 0. The highest BCUT2D eigenvalue weighted by atomic mass is 127. The number of rotatable bonds is 3. The zero-order chi connectivity index (χ0) is 17.0.